The molecule has 0 heterocycles. The third-order valence-corrected chi connectivity index (χ3v) is 5.15. The van der Waals surface area contributed by atoms with Crippen LogP contribution in [0.3, 0.4) is 0 Å². The molecule has 2 unspecified atom stereocenters. The Bertz CT molecular complexity index is 650. The zero-order chi connectivity index (χ0) is 15.7. The Morgan fingerprint density at radius 2 is 1.82 bits per heavy atom. The molecule has 0 aliphatic heterocycles. The van der Waals surface area contributed by atoms with Crippen LogP contribution in [0.2, 0.25) is 0 Å². The fraction of sp³-hybridized carbons (Fsp3) is 0.400. The number of hydrogen-bond donors (Lipinski definition) is 0. The first-order valence-corrected chi connectivity index (χ1v) is 7.94. The number of likely N-dealkylation sites (N-methyl/N-ethyl adjacent to an activating group) is 1. The molecule has 0 amide bonds. The molecule has 2 aromatic rings. The van der Waals surface area contributed by atoms with Crippen molar-refractivity contribution < 1.29 is 4.74 Å². The summed E-state index contributed by atoms with van der Waals surface area (Å²) in [4.78, 5) is 2.36. The number of hydrogen-bond acceptors (Lipinski definition) is 2. The first-order chi connectivity index (χ1) is 10.5. The van der Waals surface area contributed by atoms with Gasteiger partial charge in [0.15, 0.2) is 0 Å². The summed E-state index contributed by atoms with van der Waals surface area (Å²) in [5.74, 6) is 0.948. The summed E-state index contributed by atoms with van der Waals surface area (Å²) >= 11 is 0. The van der Waals surface area contributed by atoms with Crippen LogP contribution >= 0.6 is 0 Å². The summed E-state index contributed by atoms with van der Waals surface area (Å²) in [5.41, 5.74) is 4.27. The topological polar surface area (TPSA) is 12.5 Å². The Morgan fingerprint density at radius 3 is 2.45 bits per heavy atom. The van der Waals surface area contributed by atoms with E-state index in [2.05, 4.69) is 74.4 Å². The summed E-state index contributed by atoms with van der Waals surface area (Å²) in [6, 6.07) is 18.0. The minimum Gasteiger partial charge on any atom is -0.497 e. The van der Waals surface area contributed by atoms with Gasteiger partial charge in [-0.1, -0.05) is 43.3 Å². The smallest absolute Gasteiger partial charge is 0.119 e. The van der Waals surface area contributed by atoms with Crippen LogP contribution < -0.4 is 4.74 Å². The third-order valence-electron chi connectivity index (χ3n) is 5.15. The van der Waals surface area contributed by atoms with E-state index < -0.39 is 0 Å². The van der Waals surface area contributed by atoms with Gasteiger partial charge in [-0.25, -0.2) is 0 Å². The second-order valence-corrected chi connectivity index (χ2v) is 6.75. The zero-order valence-electron chi connectivity index (χ0n) is 14.0. The molecule has 0 radical (unpaired) electrons. The van der Waals surface area contributed by atoms with Crippen molar-refractivity contribution in [3.8, 4) is 5.75 Å². The lowest BCUT2D eigenvalue weighted by molar-refractivity contribution is 0.229. The summed E-state index contributed by atoms with van der Waals surface area (Å²) < 4.78 is 5.47. The minimum absolute atomic E-state index is 0.0261. The molecular weight excluding hydrogens is 270 g/mol. The standard InChI is InChI=1S/C20H25NO/c1-20(16-8-6-5-7-9-16)14-17(21(2)3)12-15-10-11-18(22-4)13-19(15)20/h5-11,13,17H,12,14H2,1-4H3. The van der Waals surface area contributed by atoms with Crippen LogP contribution in [0.15, 0.2) is 48.5 Å². The van der Waals surface area contributed by atoms with Crippen molar-refractivity contribution in [1.82, 2.24) is 4.90 Å². The quantitative estimate of drug-likeness (QED) is 0.852. The van der Waals surface area contributed by atoms with Gasteiger partial charge in [0, 0.05) is 11.5 Å². The van der Waals surface area contributed by atoms with Crippen LogP contribution in [0.5, 0.6) is 5.75 Å². The van der Waals surface area contributed by atoms with Crippen molar-refractivity contribution in [3.05, 3.63) is 65.2 Å². The van der Waals surface area contributed by atoms with Gasteiger partial charge in [0.2, 0.25) is 0 Å². The van der Waals surface area contributed by atoms with E-state index in [4.69, 9.17) is 4.74 Å². The van der Waals surface area contributed by atoms with Crippen molar-refractivity contribution >= 4 is 0 Å². The molecule has 116 valence electrons. The van der Waals surface area contributed by atoms with E-state index >= 15 is 0 Å². The number of nitrogens with zero attached hydrogens (tertiary/aromatic N) is 1. The maximum atomic E-state index is 5.47. The van der Waals surface area contributed by atoms with Crippen LogP contribution in [-0.2, 0) is 11.8 Å². The fourth-order valence-corrected chi connectivity index (χ4v) is 3.73. The lowest BCUT2D eigenvalue weighted by atomic mass is 9.65. The van der Waals surface area contributed by atoms with Crippen LogP contribution in [0.1, 0.15) is 30.0 Å². The van der Waals surface area contributed by atoms with Crippen LogP contribution in [0, 0.1) is 0 Å². The van der Waals surface area contributed by atoms with Gasteiger partial charge in [-0.2, -0.15) is 0 Å². The lowest BCUT2D eigenvalue weighted by Gasteiger charge is -2.43. The van der Waals surface area contributed by atoms with Gasteiger partial charge < -0.3 is 9.64 Å². The Hall–Kier alpha value is -1.80. The van der Waals surface area contributed by atoms with Crippen LogP contribution in [-0.4, -0.2) is 32.1 Å². The molecule has 0 saturated heterocycles. The summed E-state index contributed by atoms with van der Waals surface area (Å²) in [6.45, 7) is 2.37. The molecule has 2 nitrogen and oxygen atoms in total. The largest absolute Gasteiger partial charge is 0.497 e. The van der Waals surface area contributed by atoms with Gasteiger partial charge in [0.05, 0.1) is 7.11 Å². The van der Waals surface area contributed by atoms with E-state index in [0.29, 0.717) is 6.04 Å². The number of methoxy groups -OCH3 is 1. The number of rotatable bonds is 3. The number of ether oxygens (including phenoxy) is 1. The van der Waals surface area contributed by atoms with Crippen molar-refractivity contribution in [2.24, 2.45) is 0 Å². The molecule has 0 bridgehead atoms. The Kier molecular flexibility index (Phi) is 3.96. The molecule has 0 N–H and O–H groups in total. The fourth-order valence-electron chi connectivity index (χ4n) is 3.73. The van der Waals surface area contributed by atoms with Crippen LogP contribution in [0.4, 0.5) is 0 Å². The predicted octanol–water partition coefficient (Wildman–Crippen LogP) is 3.88. The van der Waals surface area contributed by atoms with Crippen LogP contribution in [0.25, 0.3) is 0 Å². The summed E-state index contributed by atoms with van der Waals surface area (Å²) in [6.07, 6.45) is 2.24. The van der Waals surface area contributed by atoms with Crippen molar-refractivity contribution in [2.45, 2.75) is 31.2 Å². The molecule has 3 rings (SSSR count). The SMILES string of the molecule is COc1ccc2c(c1)C(C)(c1ccccc1)CC(N(C)C)C2. The summed E-state index contributed by atoms with van der Waals surface area (Å²) in [7, 11) is 6.11. The molecule has 2 atom stereocenters. The second-order valence-electron chi connectivity index (χ2n) is 6.75. The molecule has 0 spiro atoms. The van der Waals surface area contributed by atoms with Gasteiger partial charge in [-0.15, -0.1) is 0 Å². The highest BCUT2D eigenvalue weighted by Crippen LogP contribution is 2.44. The van der Waals surface area contributed by atoms with Gasteiger partial charge in [0.1, 0.15) is 5.75 Å². The lowest BCUT2D eigenvalue weighted by Crippen LogP contribution is -2.42. The highest BCUT2D eigenvalue weighted by molar-refractivity contribution is 5.49. The normalized spacial score (nSPS) is 24.1. The highest BCUT2D eigenvalue weighted by atomic mass is 16.5. The second kappa shape index (κ2) is 5.77. The Morgan fingerprint density at radius 1 is 1.09 bits per heavy atom. The van der Waals surface area contributed by atoms with Crippen molar-refractivity contribution in [1.29, 1.82) is 0 Å². The van der Waals surface area contributed by atoms with E-state index in [0.717, 1.165) is 18.6 Å². The Labute approximate surface area is 133 Å². The third kappa shape index (κ3) is 2.52. The van der Waals surface area contributed by atoms with Crippen molar-refractivity contribution in [2.75, 3.05) is 21.2 Å². The first-order valence-electron chi connectivity index (χ1n) is 7.94. The first kappa shape index (κ1) is 15.1. The maximum absolute atomic E-state index is 5.47. The van der Waals surface area contributed by atoms with Gasteiger partial charge >= 0.3 is 0 Å². The van der Waals surface area contributed by atoms with E-state index in [1.165, 1.54) is 16.7 Å². The maximum Gasteiger partial charge on any atom is 0.119 e. The molecule has 0 fully saturated rings. The molecule has 0 saturated carbocycles. The minimum atomic E-state index is 0.0261. The molecule has 0 aromatic heterocycles. The molecule has 22 heavy (non-hydrogen) atoms. The molecule has 2 aromatic carbocycles. The molecule has 2 heteroatoms. The average molecular weight is 295 g/mol. The monoisotopic (exact) mass is 295 g/mol. The van der Waals surface area contributed by atoms with Gasteiger partial charge in [-0.05, 0) is 55.8 Å². The van der Waals surface area contributed by atoms with E-state index in [9.17, 15) is 0 Å². The summed E-state index contributed by atoms with van der Waals surface area (Å²) in [5, 5.41) is 0. The van der Waals surface area contributed by atoms with Gasteiger partial charge in [0.25, 0.3) is 0 Å². The van der Waals surface area contributed by atoms with Crippen molar-refractivity contribution in [3.63, 3.8) is 0 Å². The molecule has 1 aliphatic carbocycles. The predicted molar refractivity (Wildman–Crippen MR) is 91.7 cm³/mol. The molecular formula is C20H25NO. The number of benzene rings is 2. The van der Waals surface area contributed by atoms with E-state index in [-0.39, 0.29) is 5.41 Å². The zero-order valence-corrected chi connectivity index (χ0v) is 14.0. The Balaban J connectivity index is 2.16. The highest BCUT2D eigenvalue weighted by Gasteiger charge is 2.38. The molecule has 1 aliphatic rings. The average Bonchev–Trinajstić information content (AvgIpc) is 2.55. The van der Waals surface area contributed by atoms with E-state index in [1.807, 2.05) is 0 Å². The number of fused-ring (bicyclic) bond motifs is 1. The van der Waals surface area contributed by atoms with E-state index in [1.54, 1.807) is 7.11 Å². The van der Waals surface area contributed by atoms with Gasteiger partial charge in [-0.3, -0.25) is 0 Å².